The Hall–Kier alpha value is -3.52. The lowest BCUT2D eigenvalue weighted by Crippen LogP contribution is -2.21. The van der Waals surface area contributed by atoms with Gasteiger partial charge in [0.05, 0.1) is 29.3 Å². The van der Waals surface area contributed by atoms with Crippen LogP contribution in [0.2, 0.25) is 0 Å². The van der Waals surface area contributed by atoms with Crippen molar-refractivity contribution >= 4 is 27.3 Å². The number of aromatic hydroxyl groups is 1. The number of amides is 1. The van der Waals surface area contributed by atoms with Crippen LogP contribution in [0.1, 0.15) is 24.8 Å². The second kappa shape index (κ2) is 9.53. The van der Waals surface area contributed by atoms with Gasteiger partial charge in [-0.2, -0.15) is 0 Å². The number of phenolic OH excluding ortho intramolecular Hbond substituents is 1. The number of ether oxygens (including phenoxy) is 1. The summed E-state index contributed by atoms with van der Waals surface area (Å²) in [5.41, 5.74) is 1.13. The molecule has 31 heavy (non-hydrogen) atoms. The Bertz CT molecular complexity index is 1160. The predicted molar refractivity (Wildman–Crippen MR) is 120 cm³/mol. The lowest BCUT2D eigenvalue weighted by Gasteiger charge is -2.17. The zero-order valence-corrected chi connectivity index (χ0v) is 18.0. The van der Waals surface area contributed by atoms with E-state index in [1.165, 1.54) is 25.3 Å². The summed E-state index contributed by atoms with van der Waals surface area (Å²) < 4.78 is 33.4. The van der Waals surface area contributed by atoms with Gasteiger partial charge in [-0.05, 0) is 42.3 Å². The minimum absolute atomic E-state index is 0.0160. The van der Waals surface area contributed by atoms with Crippen molar-refractivity contribution in [3.05, 3.63) is 78.4 Å². The molecule has 1 atom stereocenters. The van der Waals surface area contributed by atoms with Gasteiger partial charge in [-0.25, -0.2) is 8.42 Å². The number of carbonyl (C=O) groups is 1. The first-order valence-electron chi connectivity index (χ1n) is 9.70. The summed E-state index contributed by atoms with van der Waals surface area (Å²) in [4.78, 5) is 12.7. The van der Waals surface area contributed by atoms with Gasteiger partial charge in [0.1, 0.15) is 11.5 Å². The van der Waals surface area contributed by atoms with Crippen molar-refractivity contribution in [2.45, 2.75) is 24.2 Å². The molecule has 3 N–H and O–H groups in total. The van der Waals surface area contributed by atoms with Crippen LogP contribution in [0.15, 0.2) is 77.7 Å². The van der Waals surface area contributed by atoms with E-state index in [0.29, 0.717) is 12.2 Å². The highest BCUT2D eigenvalue weighted by Crippen LogP contribution is 2.31. The molecule has 1 amide bonds. The van der Waals surface area contributed by atoms with Crippen LogP contribution in [-0.4, -0.2) is 26.5 Å². The standard InChI is InChI=1S/C23H24N2O5S/c1-3-18(16-9-5-4-6-10-16)23(27)24-20-15-17(13-14-21(20)26)31(28,29)25-19-11-7-8-12-22(19)30-2/h4-15,18,25-26H,3H2,1-2H3,(H,24,27)/t18-/m1/s1. The van der Waals surface area contributed by atoms with Crippen LogP contribution < -0.4 is 14.8 Å². The Balaban J connectivity index is 1.86. The van der Waals surface area contributed by atoms with Crippen LogP contribution in [0.4, 0.5) is 11.4 Å². The van der Waals surface area contributed by atoms with Crippen molar-refractivity contribution in [3.8, 4) is 11.5 Å². The predicted octanol–water partition coefficient (Wildman–Crippen LogP) is 4.33. The van der Waals surface area contributed by atoms with Gasteiger partial charge in [-0.15, -0.1) is 0 Å². The van der Waals surface area contributed by atoms with Gasteiger partial charge >= 0.3 is 0 Å². The SMILES string of the molecule is CC[C@@H](C(=O)Nc1cc(S(=O)(=O)Nc2ccccc2OC)ccc1O)c1ccccc1. The molecule has 0 saturated heterocycles. The highest BCUT2D eigenvalue weighted by Gasteiger charge is 2.22. The molecule has 3 aromatic carbocycles. The molecule has 0 heterocycles. The fourth-order valence-corrected chi connectivity index (χ4v) is 4.29. The Morgan fingerprint density at radius 3 is 2.35 bits per heavy atom. The third-order valence-electron chi connectivity index (χ3n) is 4.81. The first kappa shape index (κ1) is 22.2. The normalized spacial score (nSPS) is 12.1. The van der Waals surface area contributed by atoms with Gasteiger partial charge in [-0.3, -0.25) is 9.52 Å². The molecule has 0 aromatic heterocycles. The summed E-state index contributed by atoms with van der Waals surface area (Å²) in [5, 5.41) is 12.8. The Kier molecular flexibility index (Phi) is 6.81. The third kappa shape index (κ3) is 5.16. The number of hydrogen-bond donors (Lipinski definition) is 3. The van der Waals surface area contributed by atoms with Crippen LogP contribution in [0, 0.1) is 0 Å². The smallest absolute Gasteiger partial charge is 0.262 e. The van der Waals surface area contributed by atoms with E-state index in [1.807, 2.05) is 37.3 Å². The Morgan fingerprint density at radius 1 is 1.00 bits per heavy atom. The van der Waals surface area contributed by atoms with Gasteiger partial charge < -0.3 is 15.2 Å². The van der Waals surface area contributed by atoms with Crippen LogP contribution in [0.5, 0.6) is 11.5 Å². The second-order valence-corrected chi connectivity index (χ2v) is 8.53. The maximum atomic E-state index is 12.9. The summed E-state index contributed by atoms with van der Waals surface area (Å²) in [6.45, 7) is 1.88. The lowest BCUT2D eigenvalue weighted by molar-refractivity contribution is -0.117. The van der Waals surface area contributed by atoms with Crippen molar-refractivity contribution in [2.75, 3.05) is 17.1 Å². The highest BCUT2D eigenvalue weighted by atomic mass is 32.2. The van der Waals surface area contributed by atoms with Gasteiger partial charge in [0.2, 0.25) is 5.91 Å². The Labute approximate surface area is 181 Å². The summed E-state index contributed by atoms with van der Waals surface area (Å²) in [6.07, 6.45) is 0.546. The fraction of sp³-hybridized carbons (Fsp3) is 0.174. The molecule has 0 radical (unpaired) electrons. The largest absolute Gasteiger partial charge is 0.506 e. The van der Waals surface area contributed by atoms with Crippen LogP contribution in [0.25, 0.3) is 0 Å². The number of phenols is 1. The second-order valence-electron chi connectivity index (χ2n) is 6.85. The topological polar surface area (TPSA) is 105 Å². The van der Waals surface area contributed by atoms with Crippen molar-refractivity contribution in [2.24, 2.45) is 0 Å². The summed E-state index contributed by atoms with van der Waals surface area (Å²) in [7, 11) is -2.55. The molecule has 162 valence electrons. The average Bonchev–Trinajstić information content (AvgIpc) is 2.76. The van der Waals surface area contributed by atoms with Gasteiger partial charge in [0.25, 0.3) is 10.0 Å². The third-order valence-corrected chi connectivity index (χ3v) is 6.18. The fourth-order valence-electron chi connectivity index (χ4n) is 3.19. The Morgan fingerprint density at radius 2 is 1.68 bits per heavy atom. The number of anilines is 2. The number of nitrogens with one attached hydrogen (secondary N) is 2. The average molecular weight is 441 g/mol. The molecule has 8 heteroatoms. The van der Waals surface area contributed by atoms with Crippen LogP contribution in [0.3, 0.4) is 0 Å². The van der Waals surface area contributed by atoms with E-state index >= 15 is 0 Å². The van der Waals surface area contributed by atoms with Gasteiger partial charge in [0, 0.05) is 0 Å². The van der Waals surface area contributed by atoms with E-state index in [0.717, 1.165) is 5.56 Å². The monoisotopic (exact) mass is 440 g/mol. The number of methoxy groups -OCH3 is 1. The van der Waals surface area contributed by atoms with Crippen LogP contribution >= 0.6 is 0 Å². The van der Waals surface area contributed by atoms with E-state index < -0.39 is 15.9 Å². The summed E-state index contributed by atoms with van der Waals surface area (Å²) in [5.74, 6) is -0.636. The molecule has 7 nitrogen and oxygen atoms in total. The van der Waals surface area contributed by atoms with E-state index in [-0.39, 0.29) is 27.9 Å². The van der Waals surface area contributed by atoms with E-state index in [4.69, 9.17) is 4.74 Å². The molecule has 3 aromatic rings. The van der Waals surface area contributed by atoms with E-state index in [9.17, 15) is 18.3 Å². The first-order valence-corrected chi connectivity index (χ1v) is 11.2. The molecule has 0 aliphatic carbocycles. The molecule has 0 aliphatic heterocycles. The molecule has 3 rings (SSSR count). The quantitative estimate of drug-likeness (QED) is 0.452. The van der Waals surface area contributed by atoms with E-state index in [2.05, 4.69) is 10.0 Å². The van der Waals surface area contributed by atoms with Crippen LogP contribution in [-0.2, 0) is 14.8 Å². The van der Waals surface area contributed by atoms with Crippen molar-refractivity contribution in [1.29, 1.82) is 0 Å². The molecule has 0 saturated carbocycles. The highest BCUT2D eigenvalue weighted by molar-refractivity contribution is 7.92. The van der Waals surface area contributed by atoms with E-state index in [1.54, 1.807) is 24.3 Å². The van der Waals surface area contributed by atoms with Crippen molar-refractivity contribution < 1.29 is 23.1 Å². The first-order chi connectivity index (χ1) is 14.9. The van der Waals surface area contributed by atoms with Crippen molar-refractivity contribution in [1.82, 2.24) is 0 Å². The number of hydrogen-bond acceptors (Lipinski definition) is 5. The summed E-state index contributed by atoms with van der Waals surface area (Å²) >= 11 is 0. The van der Waals surface area contributed by atoms with Crippen molar-refractivity contribution in [3.63, 3.8) is 0 Å². The molecule has 0 bridgehead atoms. The minimum Gasteiger partial charge on any atom is -0.506 e. The summed E-state index contributed by atoms with van der Waals surface area (Å²) in [6, 6.07) is 19.6. The molecule has 0 aliphatic rings. The molecule has 0 spiro atoms. The zero-order chi connectivity index (χ0) is 22.4. The number of benzene rings is 3. The number of carbonyl (C=O) groups excluding carboxylic acids is 1. The number of rotatable bonds is 8. The molecular formula is C23H24N2O5S. The minimum atomic E-state index is -3.99. The zero-order valence-electron chi connectivity index (χ0n) is 17.2. The van der Waals surface area contributed by atoms with Gasteiger partial charge in [0.15, 0.2) is 0 Å². The maximum absolute atomic E-state index is 12.9. The molecule has 0 fully saturated rings. The number of sulfonamides is 1. The maximum Gasteiger partial charge on any atom is 0.262 e. The van der Waals surface area contributed by atoms with Gasteiger partial charge in [-0.1, -0.05) is 49.4 Å². The molecular weight excluding hydrogens is 416 g/mol. The number of para-hydroxylation sites is 2. The molecule has 0 unspecified atom stereocenters. The lowest BCUT2D eigenvalue weighted by atomic mass is 9.95.